The van der Waals surface area contributed by atoms with E-state index in [1.165, 1.54) is 0 Å². The zero-order valence-corrected chi connectivity index (χ0v) is 19.0. The predicted molar refractivity (Wildman–Crippen MR) is 122 cm³/mol. The summed E-state index contributed by atoms with van der Waals surface area (Å²) in [5, 5.41) is 8.99. The number of hydrogen-bond acceptors (Lipinski definition) is 4. The van der Waals surface area contributed by atoms with Crippen LogP contribution in [0.15, 0.2) is 41.5 Å². The molecule has 0 fully saturated rings. The van der Waals surface area contributed by atoms with Gasteiger partial charge in [-0.15, -0.1) is 24.0 Å². The summed E-state index contributed by atoms with van der Waals surface area (Å²) >= 11 is 0. The molecule has 0 aliphatic carbocycles. The second-order valence-electron chi connectivity index (χ2n) is 6.89. The lowest BCUT2D eigenvalue weighted by Gasteiger charge is -2.19. The monoisotopic (exact) mass is 500 g/mol. The van der Waals surface area contributed by atoms with Gasteiger partial charge in [-0.05, 0) is 26.3 Å². The van der Waals surface area contributed by atoms with Gasteiger partial charge in [0, 0.05) is 20.1 Å². The van der Waals surface area contributed by atoms with Crippen LogP contribution in [0, 0.1) is 0 Å². The Bertz CT molecular complexity index is 755. The second-order valence-corrected chi connectivity index (χ2v) is 6.89. The average molecular weight is 500 g/mol. The largest absolute Gasteiger partial charge is 0.444 e. The van der Waals surface area contributed by atoms with Crippen molar-refractivity contribution in [1.82, 2.24) is 25.9 Å². The molecule has 1 heterocycles. The molecule has 1 aromatic carbocycles. The van der Waals surface area contributed by atoms with Crippen molar-refractivity contribution >= 4 is 36.0 Å². The van der Waals surface area contributed by atoms with Crippen LogP contribution >= 0.6 is 24.0 Å². The van der Waals surface area contributed by atoms with Gasteiger partial charge in [-0.1, -0.05) is 30.3 Å². The van der Waals surface area contributed by atoms with Crippen molar-refractivity contribution in [2.75, 3.05) is 20.1 Å². The number of alkyl carbamates (subject to hydrolysis) is 1. The lowest BCUT2D eigenvalue weighted by molar-refractivity contribution is 0.0529. The van der Waals surface area contributed by atoms with Gasteiger partial charge >= 0.3 is 6.09 Å². The Morgan fingerprint density at radius 2 is 1.82 bits per heavy atom. The quantitative estimate of drug-likeness (QED) is 0.212. The highest BCUT2D eigenvalue weighted by molar-refractivity contribution is 14.0. The number of nitrogens with one attached hydrogen (secondary N) is 4. The molecule has 0 spiro atoms. The molecule has 1 amide bonds. The number of rotatable bonds is 6. The fraction of sp³-hybridized carbons (Fsp3) is 0.421. The van der Waals surface area contributed by atoms with E-state index in [1.54, 1.807) is 7.05 Å². The molecule has 154 valence electrons. The minimum absolute atomic E-state index is 0. The summed E-state index contributed by atoms with van der Waals surface area (Å²) in [7, 11) is 1.69. The summed E-state index contributed by atoms with van der Waals surface area (Å²) in [5.41, 5.74) is 1.56. The van der Waals surface area contributed by atoms with Gasteiger partial charge in [-0.3, -0.25) is 4.99 Å². The van der Waals surface area contributed by atoms with Gasteiger partial charge in [0.05, 0.1) is 18.4 Å². The first-order valence-electron chi connectivity index (χ1n) is 8.88. The summed E-state index contributed by atoms with van der Waals surface area (Å²) in [4.78, 5) is 23.4. The number of imidazole rings is 1. The number of H-pyrrole nitrogens is 1. The summed E-state index contributed by atoms with van der Waals surface area (Å²) in [6, 6.07) is 10.0. The normalized spacial score (nSPS) is 11.4. The molecule has 0 atom stereocenters. The number of halogens is 1. The maximum atomic E-state index is 11.6. The van der Waals surface area contributed by atoms with Crippen LogP contribution in [-0.4, -0.2) is 47.8 Å². The standard InChI is InChI=1S/C19H28N6O2.HI/c1-19(2,3)27-18(26)22-11-10-21-17(20-4)24-13-16-23-12-15(25-16)14-8-6-5-7-9-14;/h5-9,12H,10-11,13H2,1-4H3,(H,22,26)(H,23,25)(H2,20,21,24);1H. The van der Waals surface area contributed by atoms with Crippen molar-refractivity contribution in [3.05, 3.63) is 42.4 Å². The Morgan fingerprint density at radius 1 is 1.14 bits per heavy atom. The molecule has 0 bridgehead atoms. The molecule has 9 heteroatoms. The van der Waals surface area contributed by atoms with Crippen LogP contribution in [0.3, 0.4) is 0 Å². The smallest absolute Gasteiger partial charge is 0.407 e. The molecule has 0 saturated carbocycles. The van der Waals surface area contributed by atoms with E-state index in [0.29, 0.717) is 25.6 Å². The van der Waals surface area contributed by atoms with E-state index < -0.39 is 11.7 Å². The Balaban J connectivity index is 0.00000392. The molecule has 28 heavy (non-hydrogen) atoms. The second kappa shape index (κ2) is 11.5. The Kier molecular flexibility index (Phi) is 9.77. The third-order valence-electron chi connectivity index (χ3n) is 3.45. The third-order valence-corrected chi connectivity index (χ3v) is 3.45. The average Bonchev–Trinajstić information content (AvgIpc) is 3.09. The van der Waals surface area contributed by atoms with Crippen LogP contribution in [-0.2, 0) is 11.3 Å². The van der Waals surface area contributed by atoms with Crippen LogP contribution in [0.1, 0.15) is 26.6 Å². The Labute approximate surface area is 183 Å². The Hall–Kier alpha value is -2.30. The number of aromatic nitrogens is 2. The molecule has 0 radical (unpaired) electrons. The van der Waals surface area contributed by atoms with Crippen molar-refractivity contribution in [3.63, 3.8) is 0 Å². The number of aliphatic imine (C=N–C) groups is 1. The summed E-state index contributed by atoms with van der Waals surface area (Å²) in [5.74, 6) is 1.43. The van der Waals surface area contributed by atoms with Crippen molar-refractivity contribution in [2.24, 2.45) is 4.99 Å². The molecule has 2 aromatic rings. The van der Waals surface area contributed by atoms with E-state index in [9.17, 15) is 4.79 Å². The molecule has 0 unspecified atom stereocenters. The highest BCUT2D eigenvalue weighted by atomic mass is 127. The van der Waals surface area contributed by atoms with Crippen molar-refractivity contribution < 1.29 is 9.53 Å². The minimum atomic E-state index is -0.503. The number of hydrogen-bond donors (Lipinski definition) is 4. The maximum Gasteiger partial charge on any atom is 0.407 e. The van der Waals surface area contributed by atoms with Crippen molar-refractivity contribution in [1.29, 1.82) is 0 Å². The number of ether oxygens (including phenoxy) is 1. The van der Waals surface area contributed by atoms with Gasteiger partial charge in [0.2, 0.25) is 0 Å². The van der Waals surface area contributed by atoms with Crippen LogP contribution in [0.2, 0.25) is 0 Å². The maximum absolute atomic E-state index is 11.6. The van der Waals surface area contributed by atoms with Crippen LogP contribution in [0.5, 0.6) is 0 Å². The topological polar surface area (TPSA) is 103 Å². The highest BCUT2D eigenvalue weighted by Gasteiger charge is 2.15. The van der Waals surface area contributed by atoms with E-state index in [4.69, 9.17) is 4.74 Å². The number of carbonyl (C=O) groups excluding carboxylic acids is 1. The molecule has 8 nitrogen and oxygen atoms in total. The Morgan fingerprint density at radius 3 is 2.46 bits per heavy atom. The van der Waals surface area contributed by atoms with Crippen LogP contribution in [0.25, 0.3) is 11.3 Å². The van der Waals surface area contributed by atoms with Gasteiger partial charge in [0.25, 0.3) is 0 Å². The zero-order chi connectivity index (χ0) is 19.7. The first kappa shape index (κ1) is 23.7. The lowest BCUT2D eigenvalue weighted by Crippen LogP contribution is -2.42. The molecule has 2 rings (SSSR count). The van der Waals surface area contributed by atoms with Crippen LogP contribution in [0.4, 0.5) is 4.79 Å². The highest BCUT2D eigenvalue weighted by Crippen LogP contribution is 2.15. The van der Waals surface area contributed by atoms with E-state index >= 15 is 0 Å². The molecule has 0 aliphatic heterocycles. The first-order valence-corrected chi connectivity index (χ1v) is 8.88. The predicted octanol–water partition coefficient (Wildman–Crippen LogP) is 2.88. The summed E-state index contributed by atoms with van der Waals surface area (Å²) in [6.07, 6.45) is 1.38. The number of carbonyl (C=O) groups is 1. The molecule has 0 saturated heterocycles. The van der Waals surface area contributed by atoms with E-state index in [-0.39, 0.29) is 24.0 Å². The van der Waals surface area contributed by atoms with Crippen molar-refractivity contribution in [3.8, 4) is 11.3 Å². The van der Waals surface area contributed by atoms with Gasteiger partial charge in [-0.2, -0.15) is 0 Å². The first-order chi connectivity index (χ1) is 12.9. The zero-order valence-electron chi connectivity index (χ0n) is 16.7. The van der Waals surface area contributed by atoms with E-state index in [1.807, 2.05) is 57.3 Å². The fourth-order valence-electron chi connectivity index (χ4n) is 2.26. The van der Waals surface area contributed by atoms with Crippen LogP contribution < -0.4 is 16.0 Å². The van der Waals surface area contributed by atoms with Crippen molar-refractivity contribution in [2.45, 2.75) is 32.9 Å². The fourth-order valence-corrected chi connectivity index (χ4v) is 2.26. The number of aromatic amines is 1. The number of benzene rings is 1. The van der Waals surface area contributed by atoms with Gasteiger partial charge < -0.3 is 25.7 Å². The minimum Gasteiger partial charge on any atom is -0.444 e. The number of guanidine groups is 1. The summed E-state index contributed by atoms with van der Waals surface area (Å²) in [6.45, 7) is 6.93. The SMILES string of the molecule is CN=C(NCCNC(=O)OC(C)(C)C)NCc1ncc(-c2ccccc2)[nH]1.I. The van der Waals surface area contributed by atoms with Gasteiger partial charge in [0.1, 0.15) is 11.4 Å². The molecule has 4 N–H and O–H groups in total. The molecular weight excluding hydrogens is 471 g/mol. The molecule has 0 aliphatic rings. The van der Waals surface area contributed by atoms with E-state index in [0.717, 1.165) is 17.1 Å². The lowest BCUT2D eigenvalue weighted by atomic mass is 10.2. The number of nitrogens with zero attached hydrogens (tertiary/aromatic N) is 2. The number of amides is 1. The van der Waals surface area contributed by atoms with Gasteiger partial charge in [-0.25, -0.2) is 9.78 Å². The third kappa shape index (κ3) is 8.59. The summed E-state index contributed by atoms with van der Waals surface area (Å²) < 4.78 is 5.18. The van der Waals surface area contributed by atoms with E-state index in [2.05, 4.69) is 30.9 Å². The molecule has 1 aromatic heterocycles. The molecular formula is C19H29IN6O2. The van der Waals surface area contributed by atoms with Gasteiger partial charge in [0.15, 0.2) is 5.96 Å².